The predicted octanol–water partition coefficient (Wildman–Crippen LogP) is 3.72. The summed E-state index contributed by atoms with van der Waals surface area (Å²) >= 11 is 3.49. The van der Waals surface area contributed by atoms with E-state index in [4.69, 9.17) is 19.6 Å². The van der Waals surface area contributed by atoms with Gasteiger partial charge < -0.3 is 19.6 Å². The number of hydrogen-bond donors (Lipinski definition) is 1. The SMILES string of the molecule is COc1ccc(C(N)c2cc(C)oc2C)c(OC)c1Br. The van der Waals surface area contributed by atoms with Crippen molar-refractivity contribution >= 4 is 15.9 Å². The maximum absolute atomic E-state index is 6.37. The van der Waals surface area contributed by atoms with Gasteiger partial charge >= 0.3 is 0 Å². The average molecular weight is 340 g/mol. The molecule has 1 unspecified atom stereocenters. The van der Waals surface area contributed by atoms with Gasteiger partial charge in [0.05, 0.1) is 20.3 Å². The number of halogens is 1. The fourth-order valence-corrected chi connectivity index (χ4v) is 2.97. The van der Waals surface area contributed by atoms with E-state index in [1.54, 1.807) is 14.2 Å². The summed E-state index contributed by atoms with van der Waals surface area (Å²) in [6.07, 6.45) is 0. The molecule has 0 saturated heterocycles. The second kappa shape index (κ2) is 5.89. The van der Waals surface area contributed by atoms with Crippen LogP contribution < -0.4 is 15.2 Å². The molecule has 1 aromatic heterocycles. The van der Waals surface area contributed by atoms with Crippen LogP contribution in [0.4, 0.5) is 0 Å². The van der Waals surface area contributed by atoms with Crippen molar-refractivity contribution < 1.29 is 13.9 Å². The Morgan fingerprint density at radius 2 is 1.85 bits per heavy atom. The van der Waals surface area contributed by atoms with Crippen molar-refractivity contribution in [3.8, 4) is 11.5 Å². The maximum atomic E-state index is 6.37. The van der Waals surface area contributed by atoms with Crippen molar-refractivity contribution in [1.29, 1.82) is 0 Å². The van der Waals surface area contributed by atoms with Gasteiger partial charge in [-0.25, -0.2) is 0 Å². The lowest BCUT2D eigenvalue weighted by molar-refractivity contribution is 0.385. The molecular formula is C15H18BrNO3. The van der Waals surface area contributed by atoms with Gasteiger partial charge in [0.15, 0.2) is 0 Å². The number of furan rings is 1. The van der Waals surface area contributed by atoms with Crippen molar-refractivity contribution in [3.63, 3.8) is 0 Å². The molecule has 5 heteroatoms. The number of hydrogen-bond acceptors (Lipinski definition) is 4. The number of methoxy groups -OCH3 is 2. The summed E-state index contributed by atoms with van der Waals surface area (Å²) in [5, 5.41) is 0. The molecule has 0 spiro atoms. The Labute approximate surface area is 127 Å². The molecule has 20 heavy (non-hydrogen) atoms. The predicted molar refractivity (Wildman–Crippen MR) is 81.5 cm³/mol. The van der Waals surface area contributed by atoms with Crippen molar-refractivity contribution in [2.45, 2.75) is 19.9 Å². The number of benzene rings is 1. The molecule has 4 nitrogen and oxygen atoms in total. The quantitative estimate of drug-likeness (QED) is 0.922. The van der Waals surface area contributed by atoms with Crippen molar-refractivity contribution in [1.82, 2.24) is 0 Å². The van der Waals surface area contributed by atoms with Gasteiger partial charge in [0.1, 0.15) is 27.5 Å². The van der Waals surface area contributed by atoms with Crippen LogP contribution in [0.2, 0.25) is 0 Å². The fraction of sp³-hybridized carbons (Fsp3) is 0.333. The topological polar surface area (TPSA) is 57.6 Å². The van der Waals surface area contributed by atoms with E-state index in [9.17, 15) is 0 Å². The van der Waals surface area contributed by atoms with Crippen molar-refractivity contribution in [2.75, 3.05) is 14.2 Å². The van der Waals surface area contributed by atoms with Crippen LogP contribution in [-0.4, -0.2) is 14.2 Å². The monoisotopic (exact) mass is 339 g/mol. The Bertz CT molecular complexity index is 622. The van der Waals surface area contributed by atoms with Crippen LogP contribution >= 0.6 is 15.9 Å². The highest BCUT2D eigenvalue weighted by molar-refractivity contribution is 9.10. The summed E-state index contributed by atoms with van der Waals surface area (Å²) in [4.78, 5) is 0. The van der Waals surface area contributed by atoms with Crippen LogP contribution in [0.5, 0.6) is 11.5 Å². The summed E-state index contributed by atoms with van der Waals surface area (Å²) in [7, 11) is 3.23. The molecule has 2 aromatic rings. The molecule has 2 rings (SSSR count). The third-order valence-corrected chi connectivity index (χ3v) is 4.02. The second-order valence-corrected chi connectivity index (χ2v) is 5.34. The molecule has 1 aromatic carbocycles. The van der Waals surface area contributed by atoms with E-state index in [0.29, 0.717) is 11.5 Å². The third-order valence-electron chi connectivity index (χ3n) is 3.27. The summed E-state index contributed by atoms with van der Waals surface area (Å²) in [5.41, 5.74) is 8.20. The van der Waals surface area contributed by atoms with Gasteiger partial charge in [-0.1, -0.05) is 0 Å². The maximum Gasteiger partial charge on any atom is 0.141 e. The summed E-state index contributed by atoms with van der Waals surface area (Å²) in [6, 6.07) is 5.42. The zero-order valence-electron chi connectivity index (χ0n) is 12.0. The Balaban J connectivity index is 2.52. The first-order chi connectivity index (χ1) is 9.49. The molecule has 0 radical (unpaired) electrons. The van der Waals surface area contributed by atoms with Crippen LogP contribution in [0.1, 0.15) is 28.7 Å². The van der Waals surface area contributed by atoms with Crippen LogP contribution in [0.3, 0.4) is 0 Å². The van der Waals surface area contributed by atoms with Gasteiger partial charge in [-0.15, -0.1) is 0 Å². The Hall–Kier alpha value is -1.46. The van der Waals surface area contributed by atoms with Gasteiger partial charge in [0, 0.05) is 11.1 Å². The first kappa shape index (κ1) is 14.9. The summed E-state index contributed by atoms with van der Waals surface area (Å²) < 4.78 is 17.0. The van der Waals surface area contributed by atoms with Gasteiger partial charge in [-0.05, 0) is 48.0 Å². The van der Waals surface area contributed by atoms with E-state index < -0.39 is 0 Å². The third kappa shape index (κ3) is 2.55. The van der Waals surface area contributed by atoms with E-state index in [-0.39, 0.29) is 6.04 Å². The lowest BCUT2D eigenvalue weighted by Crippen LogP contribution is -2.13. The standard InChI is InChI=1S/C15H18BrNO3/c1-8-7-11(9(2)20-8)14(17)10-5-6-12(18-3)13(16)15(10)19-4/h5-7,14H,17H2,1-4H3. The van der Waals surface area contributed by atoms with Gasteiger partial charge in [-0.3, -0.25) is 0 Å². The van der Waals surface area contributed by atoms with Crippen molar-refractivity contribution in [2.24, 2.45) is 5.73 Å². The molecule has 0 saturated carbocycles. The molecule has 2 N–H and O–H groups in total. The van der Waals surface area contributed by atoms with Crippen LogP contribution in [0.25, 0.3) is 0 Å². The minimum Gasteiger partial charge on any atom is -0.495 e. The van der Waals surface area contributed by atoms with E-state index in [2.05, 4.69) is 15.9 Å². The lowest BCUT2D eigenvalue weighted by Gasteiger charge is -2.18. The molecule has 0 fully saturated rings. The fourth-order valence-electron chi connectivity index (χ4n) is 2.29. The molecular weight excluding hydrogens is 322 g/mol. The Morgan fingerprint density at radius 3 is 2.35 bits per heavy atom. The highest BCUT2D eigenvalue weighted by Gasteiger charge is 2.22. The highest BCUT2D eigenvalue weighted by atomic mass is 79.9. The zero-order chi connectivity index (χ0) is 14.9. The van der Waals surface area contributed by atoms with Crippen LogP contribution in [0.15, 0.2) is 27.1 Å². The first-order valence-corrected chi connectivity index (χ1v) is 7.01. The second-order valence-electron chi connectivity index (χ2n) is 4.55. The molecule has 0 aliphatic carbocycles. The largest absolute Gasteiger partial charge is 0.495 e. The number of rotatable bonds is 4. The normalized spacial score (nSPS) is 12.3. The Morgan fingerprint density at radius 1 is 1.15 bits per heavy atom. The minimum atomic E-state index is -0.315. The minimum absolute atomic E-state index is 0.315. The highest BCUT2D eigenvalue weighted by Crippen LogP contribution is 2.41. The van der Waals surface area contributed by atoms with E-state index >= 15 is 0 Å². The van der Waals surface area contributed by atoms with Gasteiger partial charge in [0.2, 0.25) is 0 Å². The Kier molecular flexibility index (Phi) is 4.40. The molecule has 1 atom stereocenters. The molecule has 0 aliphatic heterocycles. The van der Waals surface area contributed by atoms with Gasteiger partial charge in [0.25, 0.3) is 0 Å². The molecule has 108 valence electrons. The molecule has 0 aliphatic rings. The van der Waals surface area contributed by atoms with E-state index in [1.807, 2.05) is 32.0 Å². The van der Waals surface area contributed by atoms with E-state index in [0.717, 1.165) is 27.1 Å². The van der Waals surface area contributed by atoms with Gasteiger partial charge in [-0.2, -0.15) is 0 Å². The summed E-state index contributed by atoms with van der Waals surface area (Å²) in [5.74, 6) is 3.05. The lowest BCUT2D eigenvalue weighted by atomic mass is 9.99. The zero-order valence-corrected chi connectivity index (χ0v) is 13.6. The smallest absolute Gasteiger partial charge is 0.141 e. The number of aryl methyl sites for hydroxylation is 2. The van der Waals surface area contributed by atoms with Crippen LogP contribution in [0, 0.1) is 13.8 Å². The molecule has 1 heterocycles. The summed E-state index contributed by atoms with van der Waals surface area (Å²) in [6.45, 7) is 3.82. The van der Waals surface area contributed by atoms with E-state index in [1.165, 1.54) is 0 Å². The molecule has 0 bridgehead atoms. The number of nitrogens with two attached hydrogens (primary N) is 1. The number of ether oxygens (including phenoxy) is 2. The molecule has 0 amide bonds. The van der Waals surface area contributed by atoms with Crippen LogP contribution in [-0.2, 0) is 0 Å². The average Bonchev–Trinajstić information content (AvgIpc) is 2.76. The van der Waals surface area contributed by atoms with Crippen molar-refractivity contribution in [3.05, 3.63) is 45.3 Å². The first-order valence-electron chi connectivity index (χ1n) is 6.22.